The fraction of sp³-hybridized carbons (Fsp3) is 0.118. The quantitative estimate of drug-likeness (QED) is 0.251. The van der Waals surface area contributed by atoms with E-state index in [-0.39, 0.29) is 0 Å². The summed E-state index contributed by atoms with van der Waals surface area (Å²) in [6, 6.07) is 26.1. The molecule has 0 atom stereocenters. The average molecular weight is 476 g/mol. The number of aromatic nitrogens is 3. The van der Waals surface area contributed by atoms with Crippen molar-refractivity contribution >= 4 is 55.3 Å². The molecule has 0 unspecified atom stereocenters. The first-order valence-corrected chi connectivity index (χ1v) is 13.1. The van der Waals surface area contributed by atoms with E-state index in [4.69, 9.17) is 9.97 Å². The molecule has 37 heavy (non-hydrogen) atoms. The van der Waals surface area contributed by atoms with Crippen LogP contribution in [0.15, 0.2) is 97.1 Å². The van der Waals surface area contributed by atoms with Gasteiger partial charge in [0, 0.05) is 10.8 Å². The summed E-state index contributed by atoms with van der Waals surface area (Å²) in [6.07, 6.45) is 15.3. The predicted molar refractivity (Wildman–Crippen MR) is 155 cm³/mol. The second kappa shape index (κ2) is 8.01. The lowest BCUT2D eigenvalue weighted by atomic mass is 9.92. The van der Waals surface area contributed by atoms with Gasteiger partial charge >= 0.3 is 0 Å². The van der Waals surface area contributed by atoms with Crippen molar-refractivity contribution in [2.45, 2.75) is 25.7 Å². The Hall–Kier alpha value is -4.50. The summed E-state index contributed by atoms with van der Waals surface area (Å²) in [7, 11) is 0. The number of fused-ring (bicyclic) bond motifs is 8. The molecule has 4 aromatic carbocycles. The third-order valence-corrected chi connectivity index (χ3v) is 7.91. The molecule has 0 aliphatic heterocycles. The maximum Gasteiger partial charge on any atom is 0.164 e. The van der Waals surface area contributed by atoms with E-state index in [1.165, 1.54) is 49.3 Å². The Bertz CT molecular complexity index is 1980. The van der Waals surface area contributed by atoms with Crippen molar-refractivity contribution in [3.05, 3.63) is 114 Å². The van der Waals surface area contributed by atoms with Gasteiger partial charge in [0.05, 0.1) is 22.1 Å². The van der Waals surface area contributed by atoms with Gasteiger partial charge in [-0.2, -0.15) is 0 Å². The molecule has 3 heteroatoms. The summed E-state index contributed by atoms with van der Waals surface area (Å²) in [5.41, 5.74) is 9.24. The molecule has 2 heterocycles. The van der Waals surface area contributed by atoms with Crippen LogP contribution >= 0.6 is 0 Å². The normalized spacial score (nSPS) is 15.1. The molecule has 0 fully saturated rings. The van der Waals surface area contributed by atoms with E-state index < -0.39 is 0 Å². The summed E-state index contributed by atoms with van der Waals surface area (Å²) >= 11 is 0. The molecule has 0 saturated carbocycles. The molecule has 0 saturated heterocycles. The van der Waals surface area contributed by atoms with Crippen molar-refractivity contribution in [3.8, 4) is 5.82 Å². The highest BCUT2D eigenvalue weighted by Gasteiger charge is 2.24. The molecule has 0 radical (unpaired) electrons. The van der Waals surface area contributed by atoms with Gasteiger partial charge in [0.15, 0.2) is 5.82 Å². The summed E-state index contributed by atoms with van der Waals surface area (Å²) in [5, 5.41) is 5.23. The highest BCUT2D eigenvalue weighted by atomic mass is 15.1. The first-order chi connectivity index (χ1) is 18.4. The number of benzene rings is 4. The molecular weight excluding hydrogens is 450 g/mol. The monoisotopic (exact) mass is 475 g/mol. The second-order valence-electron chi connectivity index (χ2n) is 10.0. The number of rotatable bonds is 2. The smallest absolute Gasteiger partial charge is 0.164 e. The Balaban J connectivity index is 1.58. The first-order valence-electron chi connectivity index (χ1n) is 13.1. The van der Waals surface area contributed by atoms with Gasteiger partial charge in [-0.15, -0.1) is 0 Å². The van der Waals surface area contributed by atoms with Crippen molar-refractivity contribution < 1.29 is 0 Å². The van der Waals surface area contributed by atoms with Crippen molar-refractivity contribution in [1.82, 2.24) is 14.5 Å². The Labute approximate surface area is 215 Å². The lowest BCUT2D eigenvalue weighted by Gasteiger charge is -2.17. The van der Waals surface area contributed by atoms with Crippen molar-refractivity contribution in [3.63, 3.8) is 0 Å². The Morgan fingerprint density at radius 1 is 0.676 bits per heavy atom. The fourth-order valence-corrected chi connectivity index (χ4v) is 6.21. The van der Waals surface area contributed by atoms with Crippen molar-refractivity contribution in [2.75, 3.05) is 0 Å². The molecule has 2 aliphatic rings. The van der Waals surface area contributed by atoms with Crippen LogP contribution in [0.5, 0.6) is 0 Å². The Morgan fingerprint density at radius 3 is 2.35 bits per heavy atom. The third-order valence-electron chi connectivity index (χ3n) is 7.91. The van der Waals surface area contributed by atoms with Gasteiger partial charge < -0.3 is 0 Å². The minimum atomic E-state index is 0.918. The van der Waals surface area contributed by atoms with Crippen LogP contribution in [0.4, 0.5) is 0 Å². The van der Waals surface area contributed by atoms with Crippen LogP contribution in [0.25, 0.3) is 61.1 Å². The molecule has 8 rings (SSSR count). The minimum absolute atomic E-state index is 0.918. The zero-order chi connectivity index (χ0) is 24.3. The van der Waals surface area contributed by atoms with Gasteiger partial charge in [0.25, 0.3) is 0 Å². The van der Waals surface area contributed by atoms with Crippen LogP contribution in [-0.4, -0.2) is 14.5 Å². The number of allylic oxidation sites excluding steroid dienone is 5. The maximum absolute atomic E-state index is 5.31. The zero-order valence-electron chi connectivity index (χ0n) is 20.5. The van der Waals surface area contributed by atoms with E-state index in [2.05, 4.69) is 95.6 Å². The van der Waals surface area contributed by atoms with Gasteiger partial charge in [0.1, 0.15) is 5.69 Å². The van der Waals surface area contributed by atoms with E-state index in [1.807, 2.05) is 12.1 Å². The number of para-hydroxylation sites is 2. The summed E-state index contributed by atoms with van der Waals surface area (Å²) < 4.78 is 2.38. The highest BCUT2D eigenvalue weighted by molar-refractivity contribution is 6.22. The van der Waals surface area contributed by atoms with Crippen molar-refractivity contribution in [1.29, 1.82) is 0 Å². The molecular formula is C34H25N3. The first kappa shape index (κ1) is 20.7. The van der Waals surface area contributed by atoms with Gasteiger partial charge in [-0.1, -0.05) is 78.9 Å². The molecule has 3 nitrogen and oxygen atoms in total. The zero-order valence-corrected chi connectivity index (χ0v) is 20.5. The fourth-order valence-electron chi connectivity index (χ4n) is 6.21. The lowest BCUT2D eigenvalue weighted by molar-refractivity contribution is 0.993. The molecule has 0 bridgehead atoms. The van der Waals surface area contributed by atoms with Crippen LogP contribution in [0.2, 0.25) is 0 Å². The van der Waals surface area contributed by atoms with Crippen LogP contribution in [0.1, 0.15) is 36.1 Å². The highest BCUT2D eigenvalue weighted by Crippen LogP contribution is 2.42. The van der Waals surface area contributed by atoms with Crippen LogP contribution in [0, 0.1) is 0 Å². The largest absolute Gasteiger partial charge is 0.292 e. The topological polar surface area (TPSA) is 30.7 Å². The standard InChI is InChI=1S/C34H25N3/c1-2-12-24(13-3-1)33-34(36-28-17-9-8-16-27(28)35-33)37-29-20-18-22-10-4-6-14-25(22)31(29)32-26-15-7-5-11-23(26)19-21-30(32)37/h1-2,4-6,8-12,14,16-21H,3,7,13,15H2. The summed E-state index contributed by atoms with van der Waals surface area (Å²) in [5.74, 6) is 0.918. The van der Waals surface area contributed by atoms with Crippen molar-refractivity contribution in [2.24, 2.45) is 0 Å². The van der Waals surface area contributed by atoms with Crippen LogP contribution in [-0.2, 0) is 6.42 Å². The van der Waals surface area contributed by atoms with Crippen LogP contribution in [0.3, 0.4) is 0 Å². The van der Waals surface area contributed by atoms with Crippen LogP contribution < -0.4 is 0 Å². The average Bonchev–Trinajstić information content (AvgIpc) is 3.32. The van der Waals surface area contributed by atoms with Gasteiger partial charge in [-0.3, -0.25) is 4.57 Å². The van der Waals surface area contributed by atoms with Gasteiger partial charge in [-0.25, -0.2) is 9.97 Å². The van der Waals surface area contributed by atoms with E-state index in [9.17, 15) is 0 Å². The molecule has 0 amide bonds. The predicted octanol–water partition coefficient (Wildman–Crippen LogP) is 8.57. The van der Waals surface area contributed by atoms with E-state index in [0.29, 0.717) is 0 Å². The number of hydrogen-bond donors (Lipinski definition) is 0. The van der Waals surface area contributed by atoms with E-state index in [0.717, 1.165) is 48.2 Å². The number of hydrogen-bond acceptors (Lipinski definition) is 2. The molecule has 0 N–H and O–H groups in total. The van der Waals surface area contributed by atoms with Gasteiger partial charge in [0.2, 0.25) is 0 Å². The van der Waals surface area contributed by atoms with Gasteiger partial charge in [-0.05, 0) is 77.4 Å². The molecule has 0 spiro atoms. The minimum Gasteiger partial charge on any atom is -0.292 e. The molecule has 2 aromatic heterocycles. The molecule has 6 aromatic rings. The number of aryl methyl sites for hydroxylation is 1. The number of nitrogens with zero attached hydrogens (tertiary/aromatic N) is 3. The molecule has 176 valence electrons. The Kier molecular flexibility index (Phi) is 4.47. The second-order valence-corrected chi connectivity index (χ2v) is 10.0. The third kappa shape index (κ3) is 3.07. The van der Waals surface area contributed by atoms with E-state index >= 15 is 0 Å². The lowest BCUT2D eigenvalue weighted by Crippen LogP contribution is -2.07. The summed E-state index contributed by atoms with van der Waals surface area (Å²) in [6.45, 7) is 0. The summed E-state index contributed by atoms with van der Waals surface area (Å²) in [4.78, 5) is 10.5. The maximum atomic E-state index is 5.31. The Morgan fingerprint density at radius 2 is 1.46 bits per heavy atom. The molecule has 2 aliphatic carbocycles. The SMILES string of the molecule is C1=CCCC(c2nc3ccccc3nc2-n2c3ccc4c(c3c3c5ccccc5ccc32)CCC=C4)=C1. The van der Waals surface area contributed by atoms with E-state index in [1.54, 1.807) is 0 Å².